The van der Waals surface area contributed by atoms with E-state index >= 15 is 0 Å². The number of hydrogen-bond donors (Lipinski definition) is 1. The van der Waals surface area contributed by atoms with Crippen LogP contribution in [-0.4, -0.2) is 49.5 Å². The zero-order valence-corrected chi connectivity index (χ0v) is 27.1. The summed E-state index contributed by atoms with van der Waals surface area (Å²) in [7, 11) is -3.72. The summed E-state index contributed by atoms with van der Waals surface area (Å²) in [5.74, 6) is -0.509. The summed E-state index contributed by atoms with van der Waals surface area (Å²) in [6.45, 7) is 7.92. The van der Waals surface area contributed by atoms with Gasteiger partial charge < -0.3 is 10.2 Å². The summed E-state index contributed by atoms with van der Waals surface area (Å²) >= 11 is 12.4. The van der Waals surface area contributed by atoms with E-state index in [4.69, 9.17) is 23.2 Å². The van der Waals surface area contributed by atoms with Crippen molar-refractivity contribution in [2.24, 2.45) is 0 Å². The summed E-state index contributed by atoms with van der Waals surface area (Å²) in [6, 6.07) is 21.2. The molecule has 7 nitrogen and oxygen atoms in total. The Balaban J connectivity index is 1.93. The second-order valence-corrected chi connectivity index (χ2v) is 14.2. The van der Waals surface area contributed by atoms with Gasteiger partial charge in [0.15, 0.2) is 0 Å². The van der Waals surface area contributed by atoms with Crippen molar-refractivity contribution >= 4 is 50.7 Å². The first-order valence-electron chi connectivity index (χ1n) is 13.8. The van der Waals surface area contributed by atoms with Crippen LogP contribution in [0.1, 0.15) is 50.3 Å². The van der Waals surface area contributed by atoms with E-state index in [-0.39, 0.29) is 48.5 Å². The Morgan fingerprint density at radius 2 is 1.60 bits per heavy atom. The number of anilines is 1. The molecule has 226 valence electrons. The molecule has 1 unspecified atom stereocenters. The predicted octanol–water partition coefficient (Wildman–Crippen LogP) is 6.40. The SMILES string of the molecule is Cc1ccccc1CN(C(=O)CCCN(c1cc(Cl)ccc1Cl)S(C)(=O)=O)C(Cc1ccccc1)C(=O)NC(C)(C)C. The average molecular weight is 633 g/mol. The van der Waals surface area contributed by atoms with Crippen molar-refractivity contribution in [2.45, 2.75) is 65.1 Å². The van der Waals surface area contributed by atoms with Crippen molar-refractivity contribution in [3.63, 3.8) is 0 Å². The number of sulfonamides is 1. The van der Waals surface area contributed by atoms with Crippen LogP contribution in [0.4, 0.5) is 5.69 Å². The highest BCUT2D eigenvalue weighted by atomic mass is 35.5. The van der Waals surface area contributed by atoms with Crippen molar-refractivity contribution in [1.82, 2.24) is 10.2 Å². The summed E-state index contributed by atoms with van der Waals surface area (Å²) < 4.78 is 26.5. The second kappa shape index (κ2) is 14.4. The van der Waals surface area contributed by atoms with Crippen LogP contribution in [-0.2, 0) is 32.6 Å². The molecule has 0 heterocycles. The molecule has 0 saturated carbocycles. The highest BCUT2D eigenvalue weighted by Crippen LogP contribution is 2.31. The maximum Gasteiger partial charge on any atom is 0.243 e. The third kappa shape index (κ3) is 9.75. The van der Waals surface area contributed by atoms with Crippen LogP contribution in [0.15, 0.2) is 72.8 Å². The molecule has 3 aromatic rings. The number of aryl methyl sites for hydroxylation is 1. The molecule has 3 rings (SSSR count). The van der Waals surface area contributed by atoms with E-state index in [1.54, 1.807) is 11.0 Å². The van der Waals surface area contributed by atoms with E-state index in [0.29, 0.717) is 11.4 Å². The summed E-state index contributed by atoms with van der Waals surface area (Å²) in [4.78, 5) is 29.3. The Bertz CT molecular complexity index is 1490. The molecule has 3 aromatic carbocycles. The fraction of sp³-hybridized carbons (Fsp3) is 0.375. The molecule has 0 spiro atoms. The predicted molar refractivity (Wildman–Crippen MR) is 171 cm³/mol. The number of amides is 2. The molecular formula is C32H39Cl2N3O4S. The zero-order chi connectivity index (χ0) is 31.1. The van der Waals surface area contributed by atoms with Gasteiger partial charge in [-0.3, -0.25) is 13.9 Å². The lowest BCUT2D eigenvalue weighted by Crippen LogP contribution is -2.54. The number of carbonyl (C=O) groups is 2. The minimum Gasteiger partial charge on any atom is -0.350 e. The number of nitrogens with one attached hydrogen (secondary N) is 1. The normalized spacial score (nSPS) is 12.5. The van der Waals surface area contributed by atoms with Gasteiger partial charge in [0.1, 0.15) is 6.04 Å². The van der Waals surface area contributed by atoms with Crippen LogP contribution in [0, 0.1) is 6.92 Å². The maximum atomic E-state index is 14.0. The van der Waals surface area contributed by atoms with E-state index < -0.39 is 21.6 Å². The van der Waals surface area contributed by atoms with Gasteiger partial charge in [-0.25, -0.2) is 8.42 Å². The molecule has 0 fully saturated rings. The first-order valence-corrected chi connectivity index (χ1v) is 16.4. The van der Waals surface area contributed by atoms with Crippen LogP contribution in [0.2, 0.25) is 10.0 Å². The standard InChI is InChI=1S/C32H39Cl2N3O4S/c1-23-12-9-10-15-25(23)22-36(29(31(39)35-32(2,3)4)20-24-13-7-6-8-14-24)30(38)16-11-19-37(42(5,40)41)28-21-26(33)17-18-27(28)34/h6-10,12-15,17-18,21,29H,11,16,19-20,22H2,1-5H3,(H,35,39). The van der Waals surface area contributed by atoms with Gasteiger partial charge in [0.25, 0.3) is 0 Å². The topological polar surface area (TPSA) is 86.8 Å². The molecule has 0 aromatic heterocycles. The maximum absolute atomic E-state index is 14.0. The van der Waals surface area contributed by atoms with Crippen molar-refractivity contribution in [1.29, 1.82) is 0 Å². The summed E-state index contributed by atoms with van der Waals surface area (Å²) in [5.41, 5.74) is 2.60. The van der Waals surface area contributed by atoms with Crippen molar-refractivity contribution in [3.05, 3.63) is 99.5 Å². The van der Waals surface area contributed by atoms with Gasteiger partial charge in [-0.05, 0) is 69.0 Å². The third-order valence-electron chi connectivity index (χ3n) is 6.70. The number of rotatable bonds is 12. The van der Waals surface area contributed by atoms with Gasteiger partial charge >= 0.3 is 0 Å². The van der Waals surface area contributed by atoms with Gasteiger partial charge in [-0.1, -0.05) is 77.8 Å². The number of nitrogens with zero attached hydrogens (tertiary/aromatic N) is 2. The molecule has 0 saturated heterocycles. The van der Waals surface area contributed by atoms with Gasteiger partial charge in [-0.2, -0.15) is 0 Å². The monoisotopic (exact) mass is 631 g/mol. The summed E-state index contributed by atoms with van der Waals surface area (Å²) in [6.07, 6.45) is 1.64. The molecule has 0 aliphatic heterocycles. The van der Waals surface area contributed by atoms with Crippen LogP contribution >= 0.6 is 23.2 Å². The Kier molecular flexibility index (Phi) is 11.5. The molecule has 0 aliphatic carbocycles. The van der Waals surface area contributed by atoms with Crippen LogP contribution in [0.5, 0.6) is 0 Å². The van der Waals surface area contributed by atoms with E-state index in [0.717, 1.165) is 27.3 Å². The van der Waals surface area contributed by atoms with Gasteiger partial charge in [0.05, 0.1) is 17.0 Å². The third-order valence-corrected chi connectivity index (χ3v) is 8.43. The molecule has 0 bridgehead atoms. The Hall–Kier alpha value is -3.07. The van der Waals surface area contributed by atoms with Crippen molar-refractivity contribution in [2.75, 3.05) is 17.1 Å². The fourth-order valence-corrected chi connectivity index (χ4v) is 6.04. The minimum absolute atomic E-state index is 0.0143. The van der Waals surface area contributed by atoms with Crippen molar-refractivity contribution < 1.29 is 18.0 Å². The van der Waals surface area contributed by atoms with E-state index in [1.807, 2.05) is 82.3 Å². The molecule has 1 N–H and O–H groups in total. The number of carbonyl (C=O) groups excluding carboxylic acids is 2. The van der Waals surface area contributed by atoms with Crippen molar-refractivity contribution in [3.8, 4) is 0 Å². The van der Waals surface area contributed by atoms with Crippen LogP contribution < -0.4 is 9.62 Å². The molecular weight excluding hydrogens is 593 g/mol. The lowest BCUT2D eigenvalue weighted by molar-refractivity contribution is -0.142. The minimum atomic E-state index is -3.72. The van der Waals surface area contributed by atoms with Crippen LogP contribution in [0.25, 0.3) is 0 Å². The van der Waals surface area contributed by atoms with E-state index in [9.17, 15) is 18.0 Å². The first kappa shape index (κ1) is 33.4. The number of hydrogen-bond acceptors (Lipinski definition) is 4. The fourth-order valence-electron chi connectivity index (χ4n) is 4.64. The van der Waals surface area contributed by atoms with E-state index in [1.165, 1.54) is 12.1 Å². The Morgan fingerprint density at radius 3 is 2.21 bits per heavy atom. The highest BCUT2D eigenvalue weighted by molar-refractivity contribution is 7.92. The van der Waals surface area contributed by atoms with Gasteiger partial charge in [-0.15, -0.1) is 0 Å². The quantitative estimate of drug-likeness (QED) is 0.250. The second-order valence-electron chi connectivity index (χ2n) is 11.4. The van der Waals surface area contributed by atoms with Gasteiger partial charge in [0, 0.05) is 36.5 Å². The first-order chi connectivity index (χ1) is 19.7. The van der Waals surface area contributed by atoms with E-state index in [2.05, 4.69) is 5.32 Å². The smallest absolute Gasteiger partial charge is 0.243 e. The van der Waals surface area contributed by atoms with Crippen LogP contribution in [0.3, 0.4) is 0 Å². The molecule has 10 heteroatoms. The highest BCUT2D eigenvalue weighted by Gasteiger charge is 2.32. The molecule has 0 aliphatic rings. The largest absolute Gasteiger partial charge is 0.350 e. The zero-order valence-electron chi connectivity index (χ0n) is 24.7. The molecule has 2 amide bonds. The lowest BCUT2D eigenvalue weighted by Gasteiger charge is -2.34. The molecule has 42 heavy (non-hydrogen) atoms. The molecule has 1 atom stereocenters. The molecule has 0 radical (unpaired) electrons. The summed E-state index contributed by atoms with van der Waals surface area (Å²) in [5, 5.41) is 3.63. The lowest BCUT2D eigenvalue weighted by atomic mass is 9.99. The number of benzene rings is 3. The Morgan fingerprint density at radius 1 is 0.952 bits per heavy atom. The average Bonchev–Trinajstić information content (AvgIpc) is 2.90. The van der Waals surface area contributed by atoms with Gasteiger partial charge in [0.2, 0.25) is 21.8 Å². The Labute approximate surface area is 259 Å². The number of halogens is 2.